The van der Waals surface area contributed by atoms with E-state index >= 15 is 0 Å². The van der Waals surface area contributed by atoms with E-state index in [0.29, 0.717) is 0 Å². The highest BCUT2D eigenvalue weighted by Gasteiger charge is 2.45. The van der Waals surface area contributed by atoms with Gasteiger partial charge >= 0.3 is 0 Å². The van der Waals surface area contributed by atoms with Crippen molar-refractivity contribution in [2.75, 3.05) is 0 Å². The number of pyridine rings is 1. The number of aromatic nitrogens is 1. The third-order valence-corrected chi connectivity index (χ3v) is 4.53. The fourth-order valence-corrected chi connectivity index (χ4v) is 3.47. The van der Waals surface area contributed by atoms with Gasteiger partial charge in [0.05, 0.1) is 0 Å². The van der Waals surface area contributed by atoms with Gasteiger partial charge in [-0.3, -0.25) is 4.98 Å². The van der Waals surface area contributed by atoms with E-state index in [1.165, 1.54) is 12.0 Å². The molecule has 1 N–H and O–H groups in total. The number of nitrogens with zero attached hydrogens (tertiary/aromatic N) is 1. The van der Waals surface area contributed by atoms with Crippen molar-refractivity contribution in [1.82, 2.24) is 4.98 Å². The summed E-state index contributed by atoms with van der Waals surface area (Å²) in [6.45, 7) is 0. The Balaban J connectivity index is 1.88. The van der Waals surface area contributed by atoms with Crippen LogP contribution in [0.1, 0.15) is 31.2 Å². The van der Waals surface area contributed by atoms with Crippen molar-refractivity contribution in [2.24, 2.45) is 5.92 Å². The average Bonchev–Trinajstić information content (AvgIpc) is 2.44. The second-order valence-electron chi connectivity index (χ2n) is 5.72. The molecule has 1 aromatic carbocycles. The molecule has 19 heavy (non-hydrogen) atoms. The van der Waals surface area contributed by atoms with Crippen molar-refractivity contribution in [1.29, 1.82) is 0 Å². The minimum atomic E-state index is -0.975. The molecule has 0 saturated heterocycles. The summed E-state index contributed by atoms with van der Waals surface area (Å²) in [6, 6.07) is 8.17. The summed E-state index contributed by atoms with van der Waals surface area (Å²) in [6.07, 6.45) is 6.70. The van der Waals surface area contributed by atoms with Gasteiger partial charge in [0, 0.05) is 23.9 Å². The zero-order valence-corrected chi connectivity index (χ0v) is 10.8. The molecule has 1 saturated carbocycles. The molecule has 98 valence electrons. The largest absolute Gasteiger partial charge is 0.460 e. The number of ether oxygens (including phenoxy) is 1. The average molecular weight is 255 g/mol. The van der Waals surface area contributed by atoms with E-state index in [0.717, 1.165) is 42.3 Å². The Morgan fingerprint density at radius 2 is 2.21 bits per heavy atom. The number of hydrogen-bond donors (Lipinski definition) is 1. The van der Waals surface area contributed by atoms with Crippen molar-refractivity contribution >= 4 is 10.9 Å². The molecule has 3 nitrogen and oxygen atoms in total. The molecular weight excluding hydrogens is 238 g/mol. The summed E-state index contributed by atoms with van der Waals surface area (Å²) in [7, 11) is 0. The number of benzene rings is 1. The monoisotopic (exact) mass is 255 g/mol. The van der Waals surface area contributed by atoms with Crippen LogP contribution in [-0.4, -0.2) is 15.9 Å². The van der Waals surface area contributed by atoms with Gasteiger partial charge in [0.1, 0.15) is 5.52 Å². The first-order valence-electron chi connectivity index (χ1n) is 7.04. The van der Waals surface area contributed by atoms with Gasteiger partial charge in [-0.15, -0.1) is 0 Å². The maximum Gasteiger partial charge on any atom is 0.211 e. The zero-order chi connectivity index (χ0) is 12.9. The molecule has 3 heteroatoms. The maximum absolute atomic E-state index is 10.7. The second kappa shape index (κ2) is 3.94. The van der Waals surface area contributed by atoms with Crippen LogP contribution < -0.4 is 4.74 Å². The van der Waals surface area contributed by atoms with Crippen LogP contribution >= 0.6 is 0 Å². The van der Waals surface area contributed by atoms with Crippen LogP contribution in [0.15, 0.2) is 30.5 Å². The first kappa shape index (κ1) is 11.2. The van der Waals surface area contributed by atoms with E-state index in [2.05, 4.69) is 17.1 Å². The lowest BCUT2D eigenvalue weighted by Gasteiger charge is -2.43. The van der Waals surface area contributed by atoms with E-state index in [4.69, 9.17) is 4.74 Å². The molecule has 1 aromatic heterocycles. The molecule has 2 atom stereocenters. The number of rotatable bonds is 0. The molecule has 2 aromatic rings. The van der Waals surface area contributed by atoms with Gasteiger partial charge in [0.15, 0.2) is 5.75 Å². The van der Waals surface area contributed by atoms with Gasteiger partial charge in [0.2, 0.25) is 5.79 Å². The van der Waals surface area contributed by atoms with E-state index in [9.17, 15) is 5.11 Å². The second-order valence-corrected chi connectivity index (χ2v) is 5.72. The fourth-order valence-electron chi connectivity index (χ4n) is 3.47. The lowest BCUT2D eigenvalue weighted by Crippen LogP contribution is -2.49. The topological polar surface area (TPSA) is 42.4 Å². The highest BCUT2D eigenvalue weighted by Crippen LogP contribution is 2.45. The van der Waals surface area contributed by atoms with Crippen molar-refractivity contribution in [3.63, 3.8) is 0 Å². The van der Waals surface area contributed by atoms with E-state index < -0.39 is 5.79 Å². The smallest absolute Gasteiger partial charge is 0.211 e. The molecule has 0 spiro atoms. The summed E-state index contributed by atoms with van der Waals surface area (Å²) >= 11 is 0. The molecule has 1 fully saturated rings. The molecule has 0 radical (unpaired) electrons. The molecule has 1 aliphatic heterocycles. The molecule has 2 heterocycles. The Morgan fingerprint density at radius 1 is 1.26 bits per heavy atom. The van der Waals surface area contributed by atoms with Crippen LogP contribution in [-0.2, 0) is 6.42 Å². The first-order chi connectivity index (χ1) is 9.26. The van der Waals surface area contributed by atoms with Crippen LogP contribution in [0, 0.1) is 5.92 Å². The normalized spacial score (nSPS) is 29.4. The summed E-state index contributed by atoms with van der Waals surface area (Å²) in [4.78, 5) is 4.43. The predicted octanol–water partition coefficient (Wildman–Crippen LogP) is 3.05. The number of fused-ring (bicyclic) bond motifs is 4. The summed E-state index contributed by atoms with van der Waals surface area (Å²) in [5, 5.41) is 11.8. The molecular formula is C16H17NO2. The van der Waals surface area contributed by atoms with Crippen molar-refractivity contribution in [3.8, 4) is 5.75 Å². The minimum Gasteiger partial charge on any atom is -0.460 e. The SMILES string of the molecule is OC12CCCCC1Cc1ccc3cccnc3c1O2. The number of aliphatic hydroxyl groups is 1. The van der Waals surface area contributed by atoms with Gasteiger partial charge < -0.3 is 9.84 Å². The van der Waals surface area contributed by atoms with Crippen LogP contribution in [0.4, 0.5) is 0 Å². The molecule has 2 aliphatic rings. The highest BCUT2D eigenvalue weighted by molar-refractivity contribution is 5.86. The summed E-state index contributed by atoms with van der Waals surface area (Å²) in [5.74, 6) is 0.0468. The maximum atomic E-state index is 10.7. The van der Waals surface area contributed by atoms with Gasteiger partial charge in [0.25, 0.3) is 0 Å². The van der Waals surface area contributed by atoms with Gasteiger partial charge in [-0.05, 0) is 30.9 Å². The van der Waals surface area contributed by atoms with E-state index in [-0.39, 0.29) is 5.92 Å². The van der Waals surface area contributed by atoms with Crippen molar-refractivity contribution in [3.05, 3.63) is 36.0 Å². The summed E-state index contributed by atoms with van der Waals surface area (Å²) < 4.78 is 6.03. The van der Waals surface area contributed by atoms with Gasteiger partial charge in [-0.1, -0.05) is 24.6 Å². The Labute approximate surface area is 112 Å². The fraction of sp³-hybridized carbons (Fsp3) is 0.438. The minimum absolute atomic E-state index is 0.231. The van der Waals surface area contributed by atoms with Gasteiger partial charge in [-0.25, -0.2) is 0 Å². The van der Waals surface area contributed by atoms with Crippen LogP contribution in [0.5, 0.6) is 5.75 Å². The van der Waals surface area contributed by atoms with Crippen LogP contribution in [0.25, 0.3) is 10.9 Å². The Kier molecular flexibility index (Phi) is 2.33. The third-order valence-electron chi connectivity index (χ3n) is 4.53. The quantitative estimate of drug-likeness (QED) is 0.786. The molecule has 0 bridgehead atoms. The van der Waals surface area contributed by atoms with Gasteiger partial charge in [-0.2, -0.15) is 0 Å². The number of hydrogen-bond acceptors (Lipinski definition) is 3. The predicted molar refractivity (Wildman–Crippen MR) is 73.0 cm³/mol. The lowest BCUT2D eigenvalue weighted by molar-refractivity contribution is -0.203. The van der Waals surface area contributed by atoms with E-state index in [1.807, 2.05) is 12.1 Å². The highest BCUT2D eigenvalue weighted by atomic mass is 16.6. The Hall–Kier alpha value is -1.61. The third kappa shape index (κ3) is 1.65. The molecule has 4 rings (SSSR count). The molecule has 2 unspecified atom stereocenters. The zero-order valence-electron chi connectivity index (χ0n) is 10.8. The van der Waals surface area contributed by atoms with Crippen molar-refractivity contribution < 1.29 is 9.84 Å². The van der Waals surface area contributed by atoms with Crippen LogP contribution in [0.2, 0.25) is 0 Å². The molecule has 0 amide bonds. The Bertz CT molecular complexity index is 640. The van der Waals surface area contributed by atoms with Crippen molar-refractivity contribution in [2.45, 2.75) is 37.9 Å². The summed E-state index contributed by atoms with van der Waals surface area (Å²) in [5.41, 5.74) is 2.06. The van der Waals surface area contributed by atoms with Crippen LogP contribution in [0.3, 0.4) is 0 Å². The standard InChI is InChI=1S/C16H17NO2/c18-16-8-2-1-5-13(16)10-12-7-6-11-4-3-9-17-14(11)15(12)19-16/h3-4,6-7,9,13,18H,1-2,5,8,10H2. The first-order valence-corrected chi connectivity index (χ1v) is 7.04. The lowest BCUT2D eigenvalue weighted by atomic mass is 9.77. The van der Waals surface area contributed by atoms with E-state index in [1.54, 1.807) is 6.20 Å². The molecule has 1 aliphatic carbocycles. The Morgan fingerprint density at radius 3 is 3.16 bits per heavy atom.